The molecule has 1 aromatic rings. The minimum Gasteiger partial charge on any atom is -0.466 e. The molecule has 1 heterocycles. The van der Waals surface area contributed by atoms with Crippen LogP contribution in [0.2, 0.25) is 0 Å². The quantitative estimate of drug-likeness (QED) is 0.624. The molecule has 0 bridgehead atoms. The van der Waals surface area contributed by atoms with Crippen molar-refractivity contribution >= 4 is 33.7 Å². The molecular formula is C21H27BrN2O4. The van der Waals surface area contributed by atoms with Crippen LogP contribution < -0.4 is 0 Å². The second kappa shape index (κ2) is 9.07. The molecule has 1 aliphatic carbocycles. The number of carbonyl (C=O) groups excluding carboxylic acids is 3. The molecule has 3 rings (SSSR count). The summed E-state index contributed by atoms with van der Waals surface area (Å²) in [5, 5.41) is 0. The Morgan fingerprint density at radius 3 is 2.82 bits per heavy atom. The van der Waals surface area contributed by atoms with Gasteiger partial charge in [0.05, 0.1) is 19.1 Å². The molecule has 0 N–H and O–H groups in total. The van der Waals surface area contributed by atoms with E-state index in [9.17, 15) is 14.4 Å². The number of piperidine rings is 1. The van der Waals surface area contributed by atoms with Crippen LogP contribution in [0.5, 0.6) is 0 Å². The fourth-order valence-corrected chi connectivity index (χ4v) is 4.31. The highest BCUT2D eigenvalue weighted by Crippen LogP contribution is 2.48. The van der Waals surface area contributed by atoms with Crippen molar-refractivity contribution < 1.29 is 19.1 Å². The second-order valence-electron chi connectivity index (χ2n) is 7.63. The van der Waals surface area contributed by atoms with E-state index in [0.717, 1.165) is 29.3 Å². The molecule has 0 radical (unpaired) electrons. The van der Waals surface area contributed by atoms with Crippen LogP contribution in [0.1, 0.15) is 37.7 Å². The normalized spacial score (nSPS) is 23.8. The molecule has 3 unspecified atom stereocenters. The average Bonchev–Trinajstić information content (AvgIpc) is 3.48. The highest BCUT2D eigenvalue weighted by molar-refractivity contribution is 9.10. The van der Waals surface area contributed by atoms with Crippen molar-refractivity contribution in [3.63, 3.8) is 0 Å². The molecule has 152 valence electrons. The van der Waals surface area contributed by atoms with Gasteiger partial charge < -0.3 is 14.5 Å². The Kier molecular flexibility index (Phi) is 6.75. The summed E-state index contributed by atoms with van der Waals surface area (Å²) in [4.78, 5) is 40.5. The fraction of sp³-hybridized carbons (Fsp3) is 0.571. The summed E-state index contributed by atoms with van der Waals surface area (Å²) in [6.45, 7) is 3.19. The Hall–Kier alpha value is -1.89. The van der Waals surface area contributed by atoms with Crippen LogP contribution in [0.25, 0.3) is 0 Å². The van der Waals surface area contributed by atoms with Gasteiger partial charge in [-0.25, -0.2) is 0 Å². The summed E-state index contributed by atoms with van der Waals surface area (Å²) in [5.74, 6) is -0.421. The standard InChI is InChI=1S/C21H27BrN2O4/c1-3-28-21(27)15-7-5-9-24(12-15)19(25)13-23(2)20(26)18-11-17(18)14-6-4-8-16(22)10-14/h4,6,8,10,15,17-18H,3,5,7,9,11-13H2,1-2H3. The number of hydrogen-bond acceptors (Lipinski definition) is 4. The van der Waals surface area contributed by atoms with Crippen molar-refractivity contribution in [2.45, 2.75) is 32.1 Å². The zero-order valence-electron chi connectivity index (χ0n) is 16.4. The number of esters is 1. The van der Waals surface area contributed by atoms with Crippen LogP contribution >= 0.6 is 15.9 Å². The van der Waals surface area contributed by atoms with E-state index < -0.39 is 0 Å². The van der Waals surface area contributed by atoms with Crippen LogP contribution in [0, 0.1) is 11.8 Å². The van der Waals surface area contributed by atoms with Gasteiger partial charge in [0.15, 0.2) is 0 Å². The number of amides is 2. The van der Waals surface area contributed by atoms with Gasteiger partial charge in [-0.05, 0) is 49.8 Å². The molecule has 2 aliphatic rings. The summed E-state index contributed by atoms with van der Waals surface area (Å²) >= 11 is 3.47. The predicted molar refractivity (Wildman–Crippen MR) is 109 cm³/mol. The van der Waals surface area contributed by atoms with E-state index in [1.54, 1.807) is 18.9 Å². The Bertz CT molecular complexity index is 754. The second-order valence-corrected chi connectivity index (χ2v) is 8.54. The maximum atomic E-state index is 12.7. The number of likely N-dealkylation sites (tertiary alicyclic amines) is 1. The van der Waals surface area contributed by atoms with E-state index in [1.165, 1.54) is 4.90 Å². The average molecular weight is 451 g/mol. The minimum absolute atomic E-state index is 0.0114. The third-order valence-electron chi connectivity index (χ3n) is 5.53. The van der Waals surface area contributed by atoms with Gasteiger partial charge in [-0.1, -0.05) is 28.1 Å². The van der Waals surface area contributed by atoms with Crippen molar-refractivity contribution in [2.24, 2.45) is 11.8 Å². The van der Waals surface area contributed by atoms with Gasteiger partial charge in [0.25, 0.3) is 0 Å². The van der Waals surface area contributed by atoms with Crippen LogP contribution in [0.3, 0.4) is 0 Å². The molecule has 6 nitrogen and oxygen atoms in total. The van der Waals surface area contributed by atoms with E-state index in [1.807, 2.05) is 24.3 Å². The molecule has 1 aliphatic heterocycles. The van der Waals surface area contributed by atoms with E-state index >= 15 is 0 Å². The Balaban J connectivity index is 1.51. The lowest BCUT2D eigenvalue weighted by Crippen LogP contribution is -2.47. The number of hydrogen-bond donors (Lipinski definition) is 0. The van der Waals surface area contributed by atoms with Gasteiger partial charge in [-0.3, -0.25) is 14.4 Å². The van der Waals surface area contributed by atoms with Gasteiger partial charge in [0.2, 0.25) is 11.8 Å². The first-order chi connectivity index (χ1) is 13.4. The Morgan fingerprint density at radius 1 is 1.32 bits per heavy atom. The highest BCUT2D eigenvalue weighted by Gasteiger charge is 2.45. The SMILES string of the molecule is CCOC(=O)C1CCCN(C(=O)CN(C)C(=O)C2CC2c2cccc(Br)c2)C1. The molecule has 1 saturated carbocycles. The predicted octanol–water partition coefficient (Wildman–Crippen LogP) is 2.81. The number of rotatable bonds is 6. The van der Waals surface area contributed by atoms with E-state index in [2.05, 4.69) is 15.9 Å². The summed E-state index contributed by atoms with van der Waals surface area (Å²) in [6, 6.07) is 8.03. The Morgan fingerprint density at radius 2 is 2.11 bits per heavy atom. The van der Waals surface area contributed by atoms with E-state index in [4.69, 9.17) is 4.74 Å². The highest BCUT2D eigenvalue weighted by atomic mass is 79.9. The number of benzene rings is 1. The van der Waals surface area contributed by atoms with Crippen molar-refractivity contribution in [1.29, 1.82) is 0 Å². The molecule has 1 saturated heterocycles. The number of likely N-dealkylation sites (N-methyl/N-ethyl adjacent to an activating group) is 1. The van der Waals surface area contributed by atoms with Crippen molar-refractivity contribution in [1.82, 2.24) is 9.80 Å². The molecule has 1 aromatic carbocycles. The molecule has 2 amide bonds. The van der Waals surface area contributed by atoms with Crippen LogP contribution in [0.15, 0.2) is 28.7 Å². The molecular weight excluding hydrogens is 424 g/mol. The van der Waals surface area contributed by atoms with Crippen LogP contribution in [-0.4, -0.2) is 60.9 Å². The van der Waals surface area contributed by atoms with E-state index in [-0.39, 0.29) is 42.1 Å². The first kappa shape index (κ1) is 20.8. The molecule has 3 atom stereocenters. The van der Waals surface area contributed by atoms with Gasteiger partial charge in [0, 0.05) is 30.5 Å². The number of halogens is 1. The third kappa shape index (κ3) is 4.93. The van der Waals surface area contributed by atoms with Gasteiger partial charge >= 0.3 is 5.97 Å². The van der Waals surface area contributed by atoms with Crippen molar-refractivity contribution in [3.05, 3.63) is 34.3 Å². The minimum atomic E-state index is -0.261. The van der Waals surface area contributed by atoms with Crippen LogP contribution in [0.4, 0.5) is 0 Å². The summed E-state index contributed by atoms with van der Waals surface area (Å²) in [6.07, 6.45) is 2.34. The lowest BCUT2D eigenvalue weighted by molar-refractivity contribution is -0.152. The first-order valence-electron chi connectivity index (χ1n) is 9.85. The molecule has 2 fully saturated rings. The zero-order chi connectivity index (χ0) is 20.3. The van der Waals surface area contributed by atoms with E-state index in [0.29, 0.717) is 19.7 Å². The molecule has 0 spiro atoms. The molecule has 7 heteroatoms. The molecule has 0 aromatic heterocycles. The number of ether oxygens (including phenoxy) is 1. The van der Waals surface area contributed by atoms with Crippen LogP contribution in [-0.2, 0) is 19.1 Å². The molecule has 28 heavy (non-hydrogen) atoms. The number of nitrogens with zero attached hydrogens (tertiary/aromatic N) is 2. The van der Waals surface area contributed by atoms with Gasteiger partial charge in [-0.15, -0.1) is 0 Å². The monoisotopic (exact) mass is 450 g/mol. The summed E-state index contributed by atoms with van der Waals surface area (Å²) < 4.78 is 6.09. The first-order valence-corrected chi connectivity index (χ1v) is 10.6. The number of carbonyl (C=O) groups is 3. The van der Waals surface area contributed by atoms with Crippen molar-refractivity contribution in [3.8, 4) is 0 Å². The summed E-state index contributed by atoms with van der Waals surface area (Å²) in [7, 11) is 1.68. The topological polar surface area (TPSA) is 66.9 Å². The largest absolute Gasteiger partial charge is 0.466 e. The maximum absolute atomic E-state index is 12.7. The maximum Gasteiger partial charge on any atom is 0.310 e. The lowest BCUT2D eigenvalue weighted by Gasteiger charge is -2.32. The Labute approximate surface area is 174 Å². The zero-order valence-corrected chi connectivity index (χ0v) is 18.0. The summed E-state index contributed by atoms with van der Waals surface area (Å²) in [5.41, 5.74) is 1.15. The van der Waals surface area contributed by atoms with Crippen molar-refractivity contribution in [2.75, 3.05) is 33.3 Å². The fourth-order valence-electron chi connectivity index (χ4n) is 3.89. The lowest BCUT2D eigenvalue weighted by atomic mass is 9.98. The third-order valence-corrected chi connectivity index (χ3v) is 6.02. The van der Waals surface area contributed by atoms with Gasteiger partial charge in [0.1, 0.15) is 0 Å². The smallest absolute Gasteiger partial charge is 0.310 e. The van der Waals surface area contributed by atoms with Gasteiger partial charge in [-0.2, -0.15) is 0 Å².